The second-order valence-electron chi connectivity index (χ2n) is 7.90. The third-order valence-electron chi connectivity index (χ3n) is 5.64. The Morgan fingerprint density at radius 3 is 2.48 bits per heavy atom. The van der Waals surface area contributed by atoms with E-state index in [0.717, 1.165) is 23.2 Å². The van der Waals surface area contributed by atoms with Crippen molar-refractivity contribution in [2.24, 2.45) is 0 Å². The van der Waals surface area contributed by atoms with E-state index in [1.807, 2.05) is 60.4 Å². The fraction of sp³-hybridized carbons (Fsp3) is 0.192. The number of carbonyl (C=O) groups is 3. The summed E-state index contributed by atoms with van der Waals surface area (Å²) in [7, 11) is 1.29. The molecule has 1 aliphatic heterocycles. The van der Waals surface area contributed by atoms with Gasteiger partial charge in [0.25, 0.3) is 5.91 Å². The molecule has 0 aromatic heterocycles. The molecule has 3 aromatic carbocycles. The summed E-state index contributed by atoms with van der Waals surface area (Å²) in [5, 5.41) is 5.49. The zero-order valence-electron chi connectivity index (χ0n) is 18.5. The Kier molecular flexibility index (Phi) is 6.40. The van der Waals surface area contributed by atoms with Crippen LogP contribution >= 0.6 is 0 Å². The van der Waals surface area contributed by atoms with Crippen LogP contribution in [0.4, 0.5) is 16.2 Å². The average molecular weight is 444 g/mol. The molecule has 168 valence electrons. The van der Waals surface area contributed by atoms with Gasteiger partial charge in [0.1, 0.15) is 0 Å². The molecular formula is C26H25N3O4. The monoisotopic (exact) mass is 443 g/mol. The van der Waals surface area contributed by atoms with E-state index in [2.05, 4.69) is 10.6 Å². The van der Waals surface area contributed by atoms with E-state index in [0.29, 0.717) is 11.3 Å². The first-order chi connectivity index (χ1) is 16.0. The van der Waals surface area contributed by atoms with Crippen LogP contribution in [0.2, 0.25) is 0 Å². The first-order valence-corrected chi connectivity index (χ1v) is 10.7. The van der Waals surface area contributed by atoms with Crippen molar-refractivity contribution in [1.82, 2.24) is 5.32 Å². The molecule has 0 radical (unpaired) electrons. The smallest absolute Gasteiger partial charge is 0.339 e. The summed E-state index contributed by atoms with van der Waals surface area (Å²) in [5.41, 5.74) is 4.12. The van der Waals surface area contributed by atoms with Gasteiger partial charge in [0, 0.05) is 23.8 Å². The maximum Gasteiger partial charge on any atom is 0.339 e. The number of rotatable bonds is 5. The first kappa shape index (κ1) is 22.1. The van der Waals surface area contributed by atoms with Crippen molar-refractivity contribution in [1.29, 1.82) is 0 Å². The normalized spacial score (nSPS) is 14.4. The summed E-state index contributed by atoms with van der Waals surface area (Å²) >= 11 is 0. The van der Waals surface area contributed by atoms with Crippen LogP contribution in [-0.2, 0) is 17.7 Å². The highest BCUT2D eigenvalue weighted by molar-refractivity contribution is 6.07. The lowest BCUT2D eigenvalue weighted by atomic mass is 10.1. The third kappa shape index (κ3) is 4.72. The number of benzene rings is 3. The fourth-order valence-corrected chi connectivity index (χ4v) is 4.02. The van der Waals surface area contributed by atoms with Gasteiger partial charge in [-0.3, -0.25) is 4.79 Å². The molecule has 0 fully saturated rings. The Morgan fingerprint density at radius 1 is 1.00 bits per heavy atom. The predicted octanol–water partition coefficient (Wildman–Crippen LogP) is 4.39. The van der Waals surface area contributed by atoms with Crippen molar-refractivity contribution in [3.8, 4) is 0 Å². The second-order valence-corrected chi connectivity index (χ2v) is 7.90. The number of ether oxygens (including phenoxy) is 1. The number of hydrogen-bond donors (Lipinski definition) is 2. The molecule has 0 bridgehead atoms. The minimum Gasteiger partial charge on any atom is -0.465 e. The van der Waals surface area contributed by atoms with E-state index in [1.54, 1.807) is 24.3 Å². The molecule has 0 saturated carbocycles. The molecule has 33 heavy (non-hydrogen) atoms. The van der Waals surface area contributed by atoms with E-state index in [4.69, 9.17) is 4.74 Å². The molecule has 3 amide bonds. The van der Waals surface area contributed by atoms with Crippen LogP contribution in [0.1, 0.15) is 38.8 Å². The van der Waals surface area contributed by atoms with Crippen LogP contribution in [-0.4, -0.2) is 31.1 Å². The number of anilines is 2. The van der Waals surface area contributed by atoms with Gasteiger partial charge in [-0.15, -0.1) is 0 Å². The Morgan fingerprint density at radius 2 is 1.73 bits per heavy atom. The number of para-hydroxylation sites is 1. The van der Waals surface area contributed by atoms with Crippen LogP contribution in [0.3, 0.4) is 0 Å². The van der Waals surface area contributed by atoms with Crippen LogP contribution < -0.4 is 15.5 Å². The van der Waals surface area contributed by atoms with Crippen LogP contribution in [0.25, 0.3) is 0 Å². The van der Waals surface area contributed by atoms with Crippen molar-refractivity contribution in [3.63, 3.8) is 0 Å². The molecule has 0 saturated heterocycles. The van der Waals surface area contributed by atoms with Crippen molar-refractivity contribution in [3.05, 3.63) is 95.1 Å². The SMILES string of the molecule is COC(=O)c1ccccc1NC(=O)NCc1ccc2c(c1)N(C(=O)c1ccccc1)[C@@H](C)C2. The van der Waals surface area contributed by atoms with Crippen LogP contribution in [0.5, 0.6) is 0 Å². The number of nitrogens with zero attached hydrogens (tertiary/aromatic N) is 1. The van der Waals surface area contributed by atoms with Gasteiger partial charge in [-0.05, 0) is 54.8 Å². The highest BCUT2D eigenvalue weighted by Crippen LogP contribution is 2.34. The van der Waals surface area contributed by atoms with E-state index in [9.17, 15) is 14.4 Å². The summed E-state index contributed by atoms with van der Waals surface area (Å²) < 4.78 is 4.76. The van der Waals surface area contributed by atoms with Gasteiger partial charge in [-0.1, -0.05) is 42.5 Å². The minimum atomic E-state index is -0.526. The minimum absolute atomic E-state index is 0.0379. The number of urea groups is 1. The Balaban J connectivity index is 1.46. The van der Waals surface area contributed by atoms with Gasteiger partial charge in [-0.25, -0.2) is 9.59 Å². The summed E-state index contributed by atoms with van der Waals surface area (Å²) in [4.78, 5) is 39.3. The number of esters is 1. The summed E-state index contributed by atoms with van der Waals surface area (Å²) in [6.45, 7) is 2.30. The molecule has 0 unspecified atom stereocenters. The standard InChI is InChI=1S/C26H25N3O4/c1-17-14-20-13-12-18(15-23(20)29(17)24(30)19-8-4-3-5-9-19)16-27-26(32)28-22-11-7-6-10-21(22)25(31)33-2/h3-13,15,17H,14,16H2,1-2H3,(H2,27,28,32)/t17-/m0/s1. The lowest BCUT2D eigenvalue weighted by Crippen LogP contribution is -2.35. The molecular weight excluding hydrogens is 418 g/mol. The molecule has 1 heterocycles. The summed E-state index contributed by atoms with van der Waals surface area (Å²) in [5.74, 6) is -0.564. The number of hydrogen-bond acceptors (Lipinski definition) is 4. The Labute approximate surface area is 192 Å². The lowest BCUT2D eigenvalue weighted by molar-refractivity contribution is 0.0601. The maximum absolute atomic E-state index is 13.1. The van der Waals surface area contributed by atoms with Crippen molar-refractivity contribution >= 4 is 29.3 Å². The highest BCUT2D eigenvalue weighted by Gasteiger charge is 2.31. The first-order valence-electron chi connectivity index (χ1n) is 10.7. The van der Waals surface area contributed by atoms with Crippen molar-refractivity contribution < 1.29 is 19.1 Å². The zero-order chi connectivity index (χ0) is 23.4. The molecule has 7 nitrogen and oxygen atoms in total. The molecule has 3 aromatic rings. The molecule has 7 heteroatoms. The highest BCUT2D eigenvalue weighted by atomic mass is 16.5. The van der Waals surface area contributed by atoms with E-state index >= 15 is 0 Å². The molecule has 0 aliphatic carbocycles. The van der Waals surface area contributed by atoms with Gasteiger partial charge in [-0.2, -0.15) is 0 Å². The second kappa shape index (κ2) is 9.56. The predicted molar refractivity (Wildman–Crippen MR) is 126 cm³/mol. The van der Waals surface area contributed by atoms with Crippen molar-refractivity contribution in [2.75, 3.05) is 17.3 Å². The molecule has 1 aliphatic rings. The summed E-state index contributed by atoms with van der Waals surface area (Å²) in [6.07, 6.45) is 0.784. The van der Waals surface area contributed by atoms with Crippen LogP contribution in [0, 0.1) is 0 Å². The molecule has 4 rings (SSSR count). The molecule has 2 N–H and O–H groups in total. The fourth-order valence-electron chi connectivity index (χ4n) is 4.02. The van der Waals surface area contributed by atoms with Gasteiger partial charge in [0.2, 0.25) is 0 Å². The summed E-state index contributed by atoms with van der Waals surface area (Å²) in [6, 6.07) is 21.4. The third-order valence-corrected chi connectivity index (χ3v) is 5.64. The Hall–Kier alpha value is -4.13. The van der Waals surface area contributed by atoms with Gasteiger partial charge < -0.3 is 20.3 Å². The largest absolute Gasteiger partial charge is 0.465 e. The van der Waals surface area contributed by atoms with E-state index in [-0.39, 0.29) is 24.1 Å². The molecule has 1 atom stereocenters. The average Bonchev–Trinajstić information content (AvgIpc) is 3.17. The number of nitrogens with one attached hydrogen (secondary N) is 2. The van der Waals surface area contributed by atoms with Crippen LogP contribution in [0.15, 0.2) is 72.8 Å². The quantitative estimate of drug-likeness (QED) is 0.573. The van der Waals surface area contributed by atoms with Gasteiger partial charge in [0.15, 0.2) is 0 Å². The van der Waals surface area contributed by atoms with Gasteiger partial charge in [0.05, 0.1) is 18.4 Å². The van der Waals surface area contributed by atoms with Gasteiger partial charge >= 0.3 is 12.0 Å². The number of carbonyl (C=O) groups excluding carboxylic acids is 3. The zero-order valence-corrected chi connectivity index (χ0v) is 18.5. The lowest BCUT2D eigenvalue weighted by Gasteiger charge is -2.23. The van der Waals surface area contributed by atoms with E-state index in [1.165, 1.54) is 7.11 Å². The Bertz CT molecular complexity index is 1190. The number of amides is 3. The maximum atomic E-state index is 13.1. The topological polar surface area (TPSA) is 87.7 Å². The van der Waals surface area contributed by atoms with E-state index < -0.39 is 12.0 Å². The molecule has 0 spiro atoms. The number of methoxy groups -OCH3 is 1. The van der Waals surface area contributed by atoms with Crippen molar-refractivity contribution in [2.45, 2.75) is 25.9 Å². The number of fused-ring (bicyclic) bond motifs is 1.